The van der Waals surface area contributed by atoms with E-state index in [1.807, 2.05) is 31.2 Å². The first-order chi connectivity index (χ1) is 14.5. The van der Waals surface area contributed by atoms with Crippen LogP contribution in [0.1, 0.15) is 39.6 Å². The lowest BCUT2D eigenvalue weighted by molar-refractivity contribution is 0.0579. The van der Waals surface area contributed by atoms with Crippen molar-refractivity contribution in [3.05, 3.63) is 59.2 Å². The lowest BCUT2D eigenvalue weighted by Crippen LogP contribution is -2.16. The molecule has 30 heavy (non-hydrogen) atoms. The Kier molecular flexibility index (Phi) is 6.46. The monoisotopic (exact) mass is 412 g/mol. The quantitative estimate of drug-likeness (QED) is 0.542. The third kappa shape index (κ3) is 4.17. The van der Waals surface area contributed by atoms with Crippen LogP contribution in [0.25, 0.3) is 10.9 Å². The molecule has 8 heteroatoms. The Labute approximate surface area is 174 Å². The van der Waals surface area contributed by atoms with Crippen LogP contribution in [0, 0.1) is 0 Å². The third-order valence-electron chi connectivity index (χ3n) is 4.49. The van der Waals surface area contributed by atoms with Gasteiger partial charge in [-0.15, -0.1) is 4.73 Å². The van der Waals surface area contributed by atoms with Crippen LogP contribution in [-0.2, 0) is 11.3 Å². The summed E-state index contributed by atoms with van der Waals surface area (Å²) in [6, 6.07) is 12.1. The molecule has 0 radical (unpaired) electrons. The molecule has 2 N–H and O–H groups in total. The molecule has 0 unspecified atom stereocenters. The fourth-order valence-electron chi connectivity index (χ4n) is 3.05. The summed E-state index contributed by atoms with van der Waals surface area (Å²) >= 11 is 0. The Morgan fingerprint density at radius 1 is 1.10 bits per heavy atom. The van der Waals surface area contributed by atoms with Crippen LogP contribution in [0.4, 0.5) is 0 Å². The Hall–Kier alpha value is -3.68. The molecule has 3 aromatic rings. The van der Waals surface area contributed by atoms with Crippen molar-refractivity contribution in [1.29, 1.82) is 0 Å². The molecule has 0 saturated heterocycles. The maximum atomic E-state index is 12.6. The van der Waals surface area contributed by atoms with E-state index < -0.39 is 11.9 Å². The van der Waals surface area contributed by atoms with E-state index in [0.717, 1.165) is 12.0 Å². The van der Waals surface area contributed by atoms with Crippen molar-refractivity contribution in [2.45, 2.75) is 20.0 Å². The maximum absolute atomic E-state index is 12.6. The molecule has 0 fully saturated rings. The highest BCUT2D eigenvalue weighted by Crippen LogP contribution is 2.33. The summed E-state index contributed by atoms with van der Waals surface area (Å²) < 4.78 is 17.7. The van der Waals surface area contributed by atoms with Crippen LogP contribution in [0.2, 0.25) is 0 Å². The van der Waals surface area contributed by atoms with Crippen LogP contribution in [0.3, 0.4) is 0 Å². The van der Waals surface area contributed by atoms with Crippen LogP contribution in [0.15, 0.2) is 42.5 Å². The van der Waals surface area contributed by atoms with Gasteiger partial charge in [0.2, 0.25) is 11.8 Å². The molecule has 1 heterocycles. The molecule has 0 bridgehead atoms. The van der Waals surface area contributed by atoms with Crippen molar-refractivity contribution >= 4 is 22.8 Å². The van der Waals surface area contributed by atoms with Crippen molar-refractivity contribution in [3.63, 3.8) is 0 Å². The van der Waals surface area contributed by atoms with E-state index in [1.165, 1.54) is 11.8 Å². The molecule has 0 saturated carbocycles. The molecule has 0 aliphatic rings. The smallest absolute Gasteiger partial charge is 0.344 e. The predicted octanol–water partition coefficient (Wildman–Crippen LogP) is 2.95. The van der Waals surface area contributed by atoms with Gasteiger partial charge in [-0.3, -0.25) is 4.79 Å². The number of carbonyl (C=O) groups excluding carboxylic acids is 2. The van der Waals surface area contributed by atoms with Crippen molar-refractivity contribution in [2.75, 3.05) is 20.8 Å². The lowest BCUT2D eigenvalue weighted by atomic mass is 10.1. The van der Waals surface area contributed by atoms with Gasteiger partial charge in [0.25, 0.3) is 0 Å². The third-order valence-corrected chi connectivity index (χ3v) is 4.49. The Morgan fingerprint density at radius 3 is 2.57 bits per heavy atom. The number of benzene rings is 2. The number of methoxy groups -OCH3 is 2. The van der Waals surface area contributed by atoms with Gasteiger partial charge in [-0.05, 0) is 36.2 Å². The van der Waals surface area contributed by atoms with E-state index in [2.05, 4.69) is 0 Å². The number of esters is 1. The van der Waals surface area contributed by atoms with E-state index in [-0.39, 0.29) is 23.6 Å². The fraction of sp³-hybridized carbons (Fsp3) is 0.273. The second-order valence-electron chi connectivity index (χ2n) is 6.54. The van der Waals surface area contributed by atoms with Crippen LogP contribution in [-0.4, -0.2) is 37.4 Å². The highest BCUT2D eigenvalue weighted by Gasteiger charge is 2.27. The number of primary amides is 1. The van der Waals surface area contributed by atoms with Crippen LogP contribution < -0.4 is 20.0 Å². The zero-order valence-electron chi connectivity index (χ0n) is 17.1. The van der Waals surface area contributed by atoms with E-state index >= 15 is 0 Å². The highest BCUT2D eigenvalue weighted by molar-refractivity contribution is 6.08. The number of fused-ring (bicyclic) bond motifs is 1. The second kappa shape index (κ2) is 9.21. The Balaban J connectivity index is 2.12. The SMILES string of the molecule is CCCOn1c(OCc2cccc(OC)c2)c(C(=O)OC)c2ccc(C(N)=O)cc21. The topological polar surface area (TPSA) is 102 Å². The molecule has 3 rings (SSSR count). The summed E-state index contributed by atoms with van der Waals surface area (Å²) in [6.07, 6.45) is 0.734. The first-order valence-corrected chi connectivity index (χ1v) is 9.45. The van der Waals surface area contributed by atoms with Gasteiger partial charge in [-0.25, -0.2) is 4.79 Å². The highest BCUT2D eigenvalue weighted by atomic mass is 16.7. The maximum Gasteiger partial charge on any atom is 0.344 e. The Bertz CT molecular complexity index is 1070. The summed E-state index contributed by atoms with van der Waals surface area (Å²) in [5.74, 6) is -0.280. The largest absolute Gasteiger partial charge is 0.497 e. The molecular weight excluding hydrogens is 388 g/mol. The first kappa shape index (κ1) is 21.0. The average molecular weight is 412 g/mol. The number of amides is 1. The van der Waals surface area contributed by atoms with Gasteiger partial charge in [-0.1, -0.05) is 25.1 Å². The number of nitrogens with zero attached hydrogens (tertiary/aromatic N) is 1. The first-order valence-electron chi connectivity index (χ1n) is 9.45. The minimum atomic E-state index is -0.585. The summed E-state index contributed by atoms with van der Waals surface area (Å²) in [5, 5.41) is 0.531. The lowest BCUT2D eigenvalue weighted by Gasteiger charge is -2.14. The van der Waals surface area contributed by atoms with Gasteiger partial charge in [-0.2, -0.15) is 0 Å². The molecule has 0 aliphatic heterocycles. The van der Waals surface area contributed by atoms with Crippen LogP contribution >= 0.6 is 0 Å². The van der Waals surface area contributed by atoms with Gasteiger partial charge in [0.1, 0.15) is 24.5 Å². The van der Waals surface area contributed by atoms with Gasteiger partial charge in [0.05, 0.1) is 19.7 Å². The van der Waals surface area contributed by atoms with Gasteiger partial charge < -0.3 is 24.8 Å². The number of aromatic nitrogens is 1. The molecule has 0 atom stereocenters. The number of hydrogen-bond acceptors (Lipinski definition) is 6. The van der Waals surface area contributed by atoms with E-state index in [9.17, 15) is 9.59 Å². The molecule has 2 aromatic carbocycles. The molecular formula is C22H24N2O6. The summed E-state index contributed by atoms with van der Waals surface area (Å²) in [4.78, 5) is 30.1. The van der Waals surface area contributed by atoms with Crippen molar-refractivity contribution in [2.24, 2.45) is 5.73 Å². The number of ether oxygens (including phenoxy) is 3. The minimum absolute atomic E-state index is 0.162. The summed E-state index contributed by atoms with van der Waals surface area (Å²) in [5.41, 5.74) is 7.25. The molecule has 0 spiro atoms. The van der Waals surface area contributed by atoms with Gasteiger partial charge in [0.15, 0.2) is 0 Å². The van der Waals surface area contributed by atoms with Crippen LogP contribution in [0.5, 0.6) is 11.6 Å². The fourth-order valence-corrected chi connectivity index (χ4v) is 3.05. The normalized spacial score (nSPS) is 10.6. The number of rotatable bonds is 9. The summed E-state index contributed by atoms with van der Waals surface area (Å²) in [7, 11) is 2.88. The van der Waals surface area contributed by atoms with Gasteiger partial charge >= 0.3 is 5.97 Å². The molecule has 0 aliphatic carbocycles. The standard InChI is InChI=1S/C22H24N2O6/c1-4-10-30-24-18-12-15(20(23)25)8-9-17(18)19(22(26)28-3)21(24)29-13-14-6-5-7-16(11-14)27-2/h5-9,11-12H,4,10,13H2,1-3H3,(H2,23,25). The van der Waals surface area contributed by atoms with E-state index in [0.29, 0.717) is 23.3 Å². The van der Waals surface area contributed by atoms with Gasteiger partial charge in [0, 0.05) is 10.9 Å². The molecule has 1 amide bonds. The van der Waals surface area contributed by atoms with E-state index in [1.54, 1.807) is 25.3 Å². The molecule has 1 aromatic heterocycles. The number of hydrogen-bond donors (Lipinski definition) is 1. The Morgan fingerprint density at radius 2 is 1.90 bits per heavy atom. The number of carbonyl (C=O) groups is 2. The number of nitrogens with two attached hydrogens (primary N) is 1. The van der Waals surface area contributed by atoms with Crippen molar-refractivity contribution in [1.82, 2.24) is 4.73 Å². The molecule has 8 nitrogen and oxygen atoms in total. The molecule has 158 valence electrons. The summed E-state index contributed by atoms with van der Waals surface area (Å²) in [6.45, 7) is 2.49. The minimum Gasteiger partial charge on any atom is -0.497 e. The zero-order valence-corrected chi connectivity index (χ0v) is 17.1. The van der Waals surface area contributed by atoms with E-state index in [4.69, 9.17) is 24.8 Å². The van der Waals surface area contributed by atoms with Crippen molar-refractivity contribution in [3.8, 4) is 11.6 Å². The zero-order chi connectivity index (χ0) is 21.7. The predicted molar refractivity (Wildman–Crippen MR) is 111 cm³/mol. The average Bonchev–Trinajstić information content (AvgIpc) is 3.08. The second-order valence-corrected chi connectivity index (χ2v) is 6.54. The van der Waals surface area contributed by atoms with Crippen molar-refractivity contribution < 1.29 is 28.6 Å².